The van der Waals surface area contributed by atoms with Crippen molar-refractivity contribution >= 4 is 22.8 Å². The zero-order valence-corrected chi connectivity index (χ0v) is 14.3. The fourth-order valence-electron chi connectivity index (χ4n) is 2.64. The van der Waals surface area contributed by atoms with Crippen LogP contribution >= 0.6 is 0 Å². The van der Waals surface area contributed by atoms with Crippen molar-refractivity contribution in [2.45, 2.75) is 13.5 Å². The molecule has 4 rings (SSSR count). The summed E-state index contributed by atoms with van der Waals surface area (Å²) in [6, 6.07) is 13.5. The van der Waals surface area contributed by atoms with Crippen LogP contribution in [-0.4, -0.2) is 21.2 Å². The third-order valence-corrected chi connectivity index (χ3v) is 3.83. The van der Waals surface area contributed by atoms with Crippen LogP contribution in [-0.2, 0) is 6.54 Å². The summed E-state index contributed by atoms with van der Waals surface area (Å²) in [5.74, 6) is 2.42. The maximum Gasteiger partial charge on any atom is 0.177 e. The van der Waals surface area contributed by atoms with E-state index in [1.807, 2.05) is 55.6 Å². The molecule has 0 saturated heterocycles. The quantitative estimate of drug-likeness (QED) is 0.524. The summed E-state index contributed by atoms with van der Waals surface area (Å²) in [5, 5.41) is 11.2. The topological polar surface area (TPSA) is 76.6 Å². The van der Waals surface area contributed by atoms with E-state index >= 15 is 0 Å². The van der Waals surface area contributed by atoms with Gasteiger partial charge in [-0.1, -0.05) is 0 Å². The van der Waals surface area contributed by atoms with Gasteiger partial charge >= 0.3 is 0 Å². The highest BCUT2D eigenvalue weighted by molar-refractivity contribution is 5.75. The summed E-state index contributed by atoms with van der Waals surface area (Å²) in [6.45, 7) is 3.18. The Balaban J connectivity index is 1.57. The third kappa shape index (κ3) is 3.46. The van der Waals surface area contributed by atoms with Gasteiger partial charge in [0.15, 0.2) is 5.65 Å². The highest BCUT2D eigenvalue weighted by Gasteiger charge is 2.08. The lowest BCUT2D eigenvalue weighted by molar-refractivity contribution is 0.340. The van der Waals surface area contributed by atoms with Gasteiger partial charge in [0.05, 0.1) is 25.1 Å². The number of hydrogen-bond acceptors (Lipinski definition) is 6. The third-order valence-electron chi connectivity index (χ3n) is 3.83. The molecule has 0 radical (unpaired) electrons. The first-order chi connectivity index (χ1) is 12.8. The highest BCUT2D eigenvalue weighted by atomic mass is 16.5. The van der Waals surface area contributed by atoms with E-state index in [9.17, 15) is 0 Å². The van der Waals surface area contributed by atoms with E-state index in [-0.39, 0.29) is 0 Å². The fourth-order valence-corrected chi connectivity index (χ4v) is 2.64. The molecule has 3 heterocycles. The van der Waals surface area contributed by atoms with E-state index in [1.54, 1.807) is 17.0 Å². The molecule has 0 amide bonds. The Labute approximate surface area is 150 Å². The van der Waals surface area contributed by atoms with Crippen LogP contribution in [0.1, 0.15) is 12.7 Å². The van der Waals surface area contributed by atoms with Crippen LogP contribution in [0.25, 0.3) is 5.65 Å². The standard InChI is InChI=1S/C19H19N5O2/c1-2-25-15-7-5-14(6-8-15)22-17-12-18(21-13-16-4-3-11-26-16)23-24-10-9-20-19(17)24/h3-12,22H,2,13H2,1H3,(H,21,23). The van der Waals surface area contributed by atoms with Crippen molar-refractivity contribution < 1.29 is 9.15 Å². The molecule has 0 bridgehead atoms. The number of fused-ring (bicyclic) bond motifs is 1. The van der Waals surface area contributed by atoms with Crippen LogP contribution in [0.3, 0.4) is 0 Å². The maximum absolute atomic E-state index is 5.48. The normalized spacial score (nSPS) is 10.8. The Morgan fingerprint density at radius 3 is 2.85 bits per heavy atom. The monoisotopic (exact) mass is 349 g/mol. The molecule has 0 fully saturated rings. The van der Waals surface area contributed by atoms with E-state index in [4.69, 9.17) is 9.15 Å². The molecule has 0 aliphatic rings. The van der Waals surface area contributed by atoms with Crippen LogP contribution in [0.2, 0.25) is 0 Å². The number of nitrogens with one attached hydrogen (secondary N) is 2. The number of benzene rings is 1. The number of ether oxygens (including phenoxy) is 1. The molecule has 0 spiro atoms. The predicted octanol–water partition coefficient (Wildman–Crippen LogP) is 4.08. The van der Waals surface area contributed by atoms with Crippen molar-refractivity contribution in [2.24, 2.45) is 0 Å². The average molecular weight is 349 g/mol. The molecule has 7 heteroatoms. The zero-order valence-electron chi connectivity index (χ0n) is 14.3. The summed E-state index contributed by atoms with van der Waals surface area (Å²) in [7, 11) is 0. The molecule has 1 aromatic carbocycles. The summed E-state index contributed by atoms with van der Waals surface area (Å²) < 4.78 is 12.6. The minimum atomic E-state index is 0.558. The average Bonchev–Trinajstić information content (AvgIpc) is 3.33. The molecule has 0 aliphatic heterocycles. The highest BCUT2D eigenvalue weighted by Crippen LogP contribution is 2.25. The van der Waals surface area contributed by atoms with E-state index in [1.165, 1.54) is 0 Å². The number of nitrogens with zero attached hydrogens (tertiary/aromatic N) is 3. The van der Waals surface area contributed by atoms with Gasteiger partial charge in [-0.2, -0.15) is 0 Å². The van der Waals surface area contributed by atoms with Gasteiger partial charge < -0.3 is 19.8 Å². The number of anilines is 3. The largest absolute Gasteiger partial charge is 0.494 e. The first-order valence-electron chi connectivity index (χ1n) is 8.42. The molecule has 0 saturated carbocycles. The Kier molecular flexibility index (Phi) is 4.42. The SMILES string of the molecule is CCOc1ccc(Nc2cc(NCc3ccco3)nn3ccnc23)cc1. The summed E-state index contributed by atoms with van der Waals surface area (Å²) in [4.78, 5) is 4.38. The minimum absolute atomic E-state index is 0.558. The first-order valence-corrected chi connectivity index (χ1v) is 8.42. The van der Waals surface area contributed by atoms with Crippen LogP contribution < -0.4 is 15.4 Å². The molecule has 0 aliphatic carbocycles. The summed E-state index contributed by atoms with van der Waals surface area (Å²) in [5.41, 5.74) is 2.56. The molecule has 26 heavy (non-hydrogen) atoms. The number of hydrogen-bond donors (Lipinski definition) is 2. The second-order valence-electron chi connectivity index (χ2n) is 5.65. The molecular weight excluding hydrogens is 330 g/mol. The summed E-state index contributed by atoms with van der Waals surface area (Å²) >= 11 is 0. The van der Waals surface area contributed by atoms with Gasteiger partial charge in [0, 0.05) is 24.1 Å². The van der Waals surface area contributed by atoms with Crippen molar-refractivity contribution in [1.29, 1.82) is 0 Å². The molecule has 2 N–H and O–H groups in total. The predicted molar refractivity (Wildman–Crippen MR) is 99.9 cm³/mol. The van der Waals surface area contributed by atoms with E-state index < -0.39 is 0 Å². The molecule has 0 unspecified atom stereocenters. The minimum Gasteiger partial charge on any atom is -0.494 e. The van der Waals surface area contributed by atoms with Crippen LogP contribution in [0.15, 0.2) is 65.5 Å². The van der Waals surface area contributed by atoms with Crippen molar-refractivity contribution in [3.63, 3.8) is 0 Å². The number of furan rings is 1. The van der Waals surface area contributed by atoms with Crippen molar-refractivity contribution in [3.8, 4) is 5.75 Å². The lowest BCUT2D eigenvalue weighted by Crippen LogP contribution is -2.05. The Hall–Kier alpha value is -3.48. The first kappa shape index (κ1) is 16.0. The van der Waals surface area contributed by atoms with E-state index in [0.717, 1.165) is 34.3 Å². The second kappa shape index (κ2) is 7.18. The molecule has 0 atom stereocenters. The number of aromatic nitrogens is 3. The van der Waals surface area contributed by atoms with Gasteiger partial charge in [-0.05, 0) is 43.3 Å². The van der Waals surface area contributed by atoms with Crippen molar-refractivity contribution in [2.75, 3.05) is 17.2 Å². The number of imidazole rings is 1. The van der Waals surface area contributed by atoms with Crippen LogP contribution in [0.4, 0.5) is 17.2 Å². The van der Waals surface area contributed by atoms with E-state index in [2.05, 4.69) is 20.7 Å². The molecule has 3 aromatic heterocycles. The van der Waals surface area contributed by atoms with Gasteiger partial charge in [-0.15, -0.1) is 5.10 Å². The maximum atomic E-state index is 5.48. The lowest BCUT2D eigenvalue weighted by Gasteiger charge is -2.11. The van der Waals surface area contributed by atoms with Gasteiger partial charge in [0.2, 0.25) is 0 Å². The molecule has 7 nitrogen and oxygen atoms in total. The molecule has 4 aromatic rings. The fraction of sp³-hybridized carbons (Fsp3) is 0.158. The zero-order chi connectivity index (χ0) is 17.8. The molecule has 132 valence electrons. The number of rotatable bonds is 7. The Morgan fingerprint density at radius 1 is 1.19 bits per heavy atom. The van der Waals surface area contributed by atoms with Crippen LogP contribution in [0, 0.1) is 0 Å². The van der Waals surface area contributed by atoms with Gasteiger partial charge in [-0.25, -0.2) is 9.50 Å². The van der Waals surface area contributed by atoms with Crippen LogP contribution in [0.5, 0.6) is 5.75 Å². The second-order valence-corrected chi connectivity index (χ2v) is 5.65. The van der Waals surface area contributed by atoms with Gasteiger partial charge in [0.25, 0.3) is 0 Å². The summed E-state index contributed by atoms with van der Waals surface area (Å²) in [6.07, 6.45) is 5.20. The lowest BCUT2D eigenvalue weighted by atomic mass is 10.3. The van der Waals surface area contributed by atoms with Gasteiger partial charge in [-0.3, -0.25) is 0 Å². The van der Waals surface area contributed by atoms with Crippen molar-refractivity contribution in [3.05, 3.63) is 66.9 Å². The van der Waals surface area contributed by atoms with E-state index in [0.29, 0.717) is 13.2 Å². The molecular formula is C19H19N5O2. The van der Waals surface area contributed by atoms with Gasteiger partial charge in [0.1, 0.15) is 17.3 Å². The Bertz CT molecular complexity index is 977. The van der Waals surface area contributed by atoms with Crippen molar-refractivity contribution in [1.82, 2.24) is 14.6 Å². The Morgan fingerprint density at radius 2 is 2.08 bits per heavy atom. The smallest absolute Gasteiger partial charge is 0.177 e.